The quantitative estimate of drug-likeness (QED) is 0.193. The highest BCUT2D eigenvalue weighted by Gasteiger charge is 2.36. The molecule has 0 fully saturated rings. The lowest BCUT2D eigenvalue weighted by Gasteiger charge is -2.34. The number of hydrogen-bond donors (Lipinski definition) is 0. The van der Waals surface area contributed by atoms with Crippen molar-refractivity contribution in [2.45, 2.75) is 19.3 Å². The van der Waals surface area contributed by atoms with Crippen LogP contribution in [0.25, 0.3) is 60.9 Å². The Morgan fingerprint density at radius 2 is 0.875 bits per heavy atom. The van der Waals surface area contributed by atoms with Gasteiger partial charge in [-0.05, 0) is 87.0 Å². The lowest BCUT2D eigenvalue weighted by atomic mass is 9.68. The number of benzene rings is 7. The summed E-state index contributed by atoms with van der Waals surface area (Å²) >= 11 is 0. The Morgan fingerprint density at radius 1 is 0.417 bits per heavy atom. The third-order valence-electron chi connectivity index (χ3n) is 10.2. The van der Waals surface area contributed by atoms with E-state index in [2.05, 4.69) is 158 Å². The summed E-state index contributed by atoms with van der Waals surface area (Å²) in [5.41, 5.74) is 14.1. The van der Waals surface area contributed by atoms with Crippen LogP contribution in [0, 0.1) is 0 Å². The van der Waals surface area contributed by atoms with Gasteiger partial charge in [0.05, 0.1) is 11.0 Å². The van der Waals surface area contributed by atoms with Crippen LogP contribution >= 0.6 is 0 Å². The second kappa shape index (κ2) is 10.8. The number of fused-ring (bicyclic) bond motifs is 5. The minimum atomic E-state index is -0.268. The fraction of sp³-hybridized carbons (Fsp3) is 0.0652. The monoisotopic (exact) mass is 615 g/mol. The Labute approximate surface area is 280 Å². The Hall–Kier alpha value is -5.99. The zero-order valence-corrected chi connectivity index (χ0v) is 26.9. The van der Waals surface area contributed by atoms with Gasteiger partial charge in [0.25, 0.3) is 0 Å². The van der Waals surface area contributed by atoms with E-state index in [-0.39, 0.29) is 11.2 Å². The maximum absolute atomic E-state index is 13.4. The number of ketones is 1. The van der Waals surface area contributed by atoms with E-state index >= 15 is 0 Å². The Morgan fingerprint density at radius 3 is 1.48 bits per heavy atom. The van der Waals surface area contributed by atoms with Crippen molar-refractivity contribution in [1.82, 2.24) is 4.57 Å². The summed E-state index contributed by atoms with van der Waals surface area (Å²) in [4.78, 5) is 13.4. The molecule has 8 aromatic rings. The van der Waals surface area contributed by atoms with Gasteiger partial charge in [0, 0.05) is 33.0 Å². The SMILES string of the molecule is CC1(C)c2ccccc2C(=O)c2ccc(-c3ccc(-n4c5ccc(-c6ccccc6)cc5c5cc(-c6ccccc6)ccc54)cc3)cc21. The maximum atomic E-state index is 13.4. The molecule has 0 N–H and O–H groups in total. The molecule has 1 aliphatic carbocycles. The van der Waals surface area contributed by atoms with E-state index in [9.17, 15) is 4.79 Å². The Bertz CT molecular complexity index is 2420. The maximum Gasteiger partial charge on any atom is 0.193 e. The molecule has 0 spiro atoms. The van der Waals surface area contributed by atoms with Crippen LogP contribution in [0.4, 0.5) is 0 Å². The summed E-state index contributed by atoms with van der Waals surface area (Å²) in [6.45, 7) is 4.44. The average Bonchev–Trinajstić information content (AvgIpc) is 3.47. The molecule has 0 bridgehead atoms. The van der Waals surface area contributed by atoms with Gasteiger partial charge in [0.15, 0.2) is 5.78 Å². The minimum Gasteiger partial charge on any atom is -0.309 e. The highest BCUT2D eigenvalue weighted by atomic mass is 16.1. The van der Waals surface area contributed by atoms with Crippen LogP contribution in [0.5, 0.6) is 0 Å². The zero-order chi connectivity index (χ0) is 32.4. The molecule has 0 unspecified atom stereocenters. The number of rotatable bonds is 4. The van der Waals surface area contributed by atoms with E-state index < -0.39 is 0 Å². The topological polar surface area (TPSA) is 22.0 Å². The first kappa shape index (κ1) is 28.3. The van der Waals surface area contributed by atoms with Gasteiger partial charge < -0.3 is 4.57 Å². The largest absolute Gasteiger partial charge is 0.309 e. The predicted octanol–water partition coefficient (Wildman–Crippen LogP) is 11.7. The second-order valence-electron chi connectivity index (χ2n) is 13.3. The molecule has 1 aliphatic rings. The normalized spacial score (nSPS) is 13.4. The lowest BCUT2D eigenvalue weighted by molar-refractivity contribution is 0.103. The van der Waals surface area contributed by atoms with Crippen LogP contribution in [0.15, 0.2) is 164 Å². The molecule has 1 aromatic heterocycles. The van der Waals surface area contributed by atoms with Crippen molar-refractivity contribution < 1.29 is 4.79 Å². The van der Waals surface area contributed by atoms with E-state index in [1.54, 1.807) is 0 Å². The smallest absolute Gasteiger partial charge is 0.193 e. The van der Waals surface area contributed by atoms with Crippen LogP contribution in [-0.4, -0.2) is 10.4 Å². The first-order valence-electron chi connectivity index (χ1n) is 16.6. The number of aromatic nitrogens is 1. The molecule has 7 aromatic carbocycles. The van der Waals surface area contributed by atoms with Crippen molar-refractivity contribution in [1.29, 1.82) is 0 Å². The van der Waals surface area contributed by atoms with Gasteiger partial charge >= 0.3 is 0 Å². The molecule has 48 heavy (non-hydrogen) atoms. The van der Waals surface area contributed by atoms with E-state index in [1.165, 1.54) is 44.1 Å². The summed E-state index contributed by atoms with van der Waals surface area (Å²) in [7, 11) is 0. The van der Waals surface area contributed by atoms with Crippen molar-refractivity contribution in [2.75, 3.05) is 0 Å². The molecular formula is C46H33NO. The molecule has 0 radical (unpaired) electrons. The molecule has 0 atom stereocenters. The fourth-order valence-corrected chi connectivity index (χ4v) is 7.68. The highest BCUT2D eigenvalue weighted by molar-refractivity contribution is 6.14. The van der Waals surface area contributed by atoms with Crippen LogP contribution in [0.1, 0.15) is 40.9 Å². The number of carbonyl (C=O) groups is 1. The molecule has 2 nitrogen and oxygen atoms in total. The molecule has 9 rings (SSSR count). The van der Waals surface area contributed by atoms with Crippen LogP contribution < -0.4 is 0 Å². The van der Waals surface area contributed by atoms with Crippen LogP contribution in [-0.2, 0) is 5.41 Å². The highest BCUT2D eigenvalue weighted by Crippen LogP contribution is 2.43. The predicted molar refractivity (Wildman–Crippen MR) is 199 cm³/mol. The van der Waals surface area contributed by atoms with Crippen molar-refractivity contribution in [3.8, 4) is 39.1 Å². The van der Waals surface area contributed by atoms with E-state index in [0.717, 1.165) is 39.1 Å². The number of nitrogens with zero attached hydrogens (tertiary/aromatic N) is 1. The Kier molecular flexibility index (Phi) is 6.35. The summed E-state index contributed by atoms with van der Waals surface area (Å²) < 4.78 is 2.38. The fourth-order valence-electron chi connectivity index (χ4n) is 7.68. The average molecular weight is 616 g/mol. The summed E-state index contributed by atoms with van der Waals surface area (Å²) in [5, 5.41) is 2.46. The van der Waals surface area contributed by atoms with Gasteiger partial charge in [0.2, 0.25) is 0 Å². The standard InChI is InChI=1S/C46H33NO/c1-46(2)41-16-10-9-15-37(41)45(48)38-24-19-35(29-42(38)46)32-17-22-36(23-18-32)47-43-25-20-33(30-11-5-3-6-12-30)27-39(43)40-28-34(21-26-44(40)47)31-13-7-4-8-14-31/h3-29H,1-2H3. The summed E-state index contributed by atoms with van der Waals surface area (Å²) in [6.07, 6.45) is 0. The van der Waals surface area contributed by atoms with Crippen molar-refractivity contribution in [3.63, 3.8) is 0 Å². The van der Waals surface area contributed by atoms with Crippen molar-refractivity contribution in [2.24, 2.45) is 0 Å². The summed E-state index contributed by atoms with van der Waals surface area (Å²) in [6, 6.07) is 58.0. The molecular weight excluding hydrogens is 583 g/mol. The van der Waals surface area contributed by atoms with Crippen molar-refractivity contribution in [3.05, 3.63) is 186 Å². The van der Waals surface area contributed by atoms with Gasteiger partial charge in [0.1, 0.15) is 0 Å². The molecule has 0 aliphatic heterocycles. The number of hydrogen-bond acceptors (Lipinski definition) is 1. The molecule has 2 heteroatoms. The zero-order valence-electron chi connectivity index (χ0n) is 26.9. The molecule has 228 valence electrons. The number of carbonyl (C=O) groups excluding carboxylic acids is 1. The van der Waals surface area contributed by atoms with Crippen molar-refractivity contribution >= 4 is 27.6 Å². The van der Waals surface area contributed by atoms with E-state index in [0.29, 0.717) is 0 Å². The minimum absolute atomic E-state index is 0.110. The van der Waals surface area contributed by atoms with E-state index in [1.807, 2.05) is 24.3 Å². The first-order chi connectivity index (χ1) is 23.5. The molecule has 0 amide bonds. The Balaban J connectivity index is 1.16. The molecule has 0 saturated heterocycles. The van der Waals surface area contributed by atoms with Gasteiger partial charge in [-0.2, -0.15) is 0 Å². The summed E-state index contributed by atoms with van der Waals surface area (Å²) in [5.74, 6) is 0.110. The van der Waals surface area contributed by atoms with Gasteiger partial charge in [-0.25, -0.2) is 0 Å². The lowest BCUT2D eigenvalue weighted by Crippen LogP contribution is -2.30. The third-order valence-corrected chi connectivity index (χ3v) is 10.2. The first-order valence-corrected chi connectivity index (χ1v) is 16.6. The molecule has 1 heterocycles. The van der Waals surface area contributed by atoms with Gasteiger partial charge in [-0.1, -0.05) is 135 Å². The van der Waals surface area contributed by atoms with Crippen LogP contribution in [0.3, 0.4) is 0 Å². The van der Waals surface area contributed by atoms with Gasteiger partial charge in [-0.3, -0.25) is 4.79 Å². The molecule has 0 saturated carbocycles. The third kappa shape index (κ3) is 4.37. The second-order valence-corrected chi connectivity index (χ2v) is 13.3. The van der Waals surface area contributed by atoms with E-state index in [4.69, 9.17) is 0 Å². The van der Waals surface area contributed by atoms with Gasteiger partial charge in [-0.15, -0.1) is 0 Å². The van der Waals surface area contributed by atoms with Crippen LogP contribution in [0.2, 0.25) is 0 Å².